The number of hydrogen-bond donors (Lipinski definition) is 0. The van der Waals surface area contributed by atoms with Crippen molar-refractivity contribution < 1.29 is 21.6 Å². The van der Waals surface area contributed by atoms with Crippen LogP contribution in [0.15, 0.2) is 0 Å². The molecule has 0 aliphatic rings. The molecule has 0 aromatic heterocycles. The van der Waals surface area contributed by atoms with E-state index in [9.17, 15) is 13.2 Å². The third kappa shape index (κ3) is 12.1. The molecule has 0 radical (unpaired) electrons. The van der Waals surface area contributed by atoms with Gasteiger partial charge < -0.3 is 4.90 Å². The molecular formula is C5H13NO5S. The maximum absolute atomic E-state index is 9.92. The maximum Gasteiger partial charge on any atom is 0.399 e. The van der Waals surface area contributed by atoms with Gasteiger partial charge in [0.15, 0.2) is 0 Å². The molecule has 0 fully saturated rings. The summed E-state index contributed by atoms with van der Waals surface area (Å²) in [5, 5.41) is 0. The van der Waals surface area contributed by atoms with Gasteiger partial charge in [-0.25, -0.2) is 0 Å². The smallest absolute Gasteiger partial charge is 0.351 e. The molecule has 0 unspecified atom stereocenters. The third-order valence-corrected chi connectivity index (χ3v) is 1.44. The second kappa shape index (κ2) is 7.01. The van der Waals surface area contributed by atoms with Crippen LogP contribution in [0.3, 0.4) is 0 Å². The van der Waals surface area contributed by atoms with Gasteiger partial charge in [-0.15, -0.1) is 0 Å². The Morgan fingerprint density at radius 3 is 1.42 bits per heavy atom. The van der Waals surface area contributed by atoms with Crippen LogP contribution in [0.5, 0.6) is 0 Å². The maximum atomic E-state index is 9.92. The molecule has 0 spiro atoms. The SMILES string of the molecule is CN(C)C=O.COS(=O)(=O)OC. The van der Waals surface area contributed by atoms with Crippen LogP contribution in [-0.4, -0.2) is 48.0 Å². The first kappa shape index (κ1) is 13.9. The van der Waals surface area contributed by atoms with Gasteiger partial charge in [0.25, 0.3) is 0 Å². The summed E-state index contributed by atoms with van der Waals surface area (Å²) in [6.45, 7) is 0. The molecule has 6 nitrogen and oxygen atoms in total. The molecule has 1 amide bonds. The quantitative estimate of drug-likeness (QED) is 0.558. The highest BCUT2D eigenvalue weighted by Crippen LogP contribution is 1.85. The Balaban J connectivity index is 0. The second-order valence-corrected chi connectivity index (χ2v) is 3.29. The van der Waals surface area contributed by atoms with Gasteiger partial charge >= 0.3 is 10.4 Å². The molecule has 0 saturated heterocycles. The van der Waals surface area contributed by atoms with Crippen LogP contribution in [0.2, 0.25) is 0 Å². The number of amides is 1. The largest absolute Gasteiger partial charge is 0.399 e. The van der Waals surface area contributed by atoms with Crippen molar-refractivity contribution in [3.63, 3.8) is 0 Å². The van der Waals surface area contributed by atoms with Crippen molar-refractivity contribution in [2.75, 3.05) is 28.3 Å². The van der Waals surface area contributed by atoms with E-state index in [0.29, 0.717) is 0 Å². The Morgan fingerprint density at radius 1 is 1.17 bits per heavy atom. The molecule has 0 rings (SSSR count). The molecule has 0 aliphatic carbocycles. The molecule has 0 atom stereocenters. The number of carbonyl (C=O) groups is 1. The summed E-state index contributed by atoms with van der Waals surface area (Å²) in [4.78, 5) is 10.9. The second-order valence-electron chi connectivity index (χ2n) is 1.81. The van der Waals surface area contributed by atoms with Crippen LogP contribution in [-0.2, 0) is 23.6 Å². The van der Waals surface area contributed by atoms with Gasteiger partial charge in [0.1, 0.15) is 0 Å². The summed E-state index contributed by atoms with van der Waals surface area (Å²) >= 11 is 0. The molecule has 74 valence electrons. The number of nitrogens with zero attached hydrogens (tertiary/aromatic N) is 1. The summed E-state index contributed by atoms with van der Waals surface area (Å²) in [5.41, 5.74) is 0. The van der Waals surface area contributed by atoms with Crippen LogP contribution >= 0.6 is 0 Å². The fraction of sp³-hybridized carbons (Fsp3) is 0.800. The molecule has 0 aromatic carbocycles. The molecule has 0 aromatic rings. The van der Waals surface area contributed by atoms with E-state index in [1.165, 1.54) is 4.90 Å². The minimum absolute atomic E-state index is 0.750. The van der Waals surface area contributed by atoms with E-state index >= 15 is 0 Å². The highest BCUT2D eigenvalue weighted by molar-refractivity contribution is 7.81. The van der Waals surface area contributed by atoms with E-state index < -0.39 is 10.4 Å². The van der Waals surface area contributed by atoms with Crippen LogP contribution in [0.4, 0.5) is 0 Å². The van der Waals surface area contributed by atoms with Crippen molar-refractivity contribution in [1.82, 2.24) is 4.90 Å². The predicted molar refractivity (Wildman–Crippen MR) is 42.7 cm³/mol. The Hall–Kier alpha value is -0.660. The van der Waals surface area contributed by atoms with Crippen LogP contribution in [0.25, 0.3) is 0 Å². The van der Waals surface area contributed by atoms with E-state index in [2.05, 4.69) is 8.37 Å². The topological polar surface area (TPSA) is 72.9 Å². The summed E-state index contributed by atoms with van der Waals surface area (Å²) < 4.78 is 27.5. The molecule has 0 bridgehead atoms. The molecule has 0 heterocycles. The van der Waals surface area contributed by atoms with Crippen molar-refractivity contribution in [2.24, 2.45) is 0 Å². The van der Waals surface area contributed by atoms with E-state index in [4.69, 9.17) is 0 Å². The molecule has 0 N–H and O–H groups in total. The van der Waals surface area contributed by atoms with Crippen molar-refractivity contribution in [2.45, 2.75) is 0 Å². The highest BCUT2D eigenvalue weighted by Gasteiger charge is 2.01. The summed E-state index contributed by atoms with van der Waals surface area (Å²) in [6, 6.07) is 0. The van der Waals surface area contributed by atoms with Gasteiger partial charge in [0.05, 0.1) is 14.2 Å². The van der Waals surface area contributed by atoms with Gasteiger partial charge in [-0.2, -0.15) is 8.42 Å². The molecule has 12 heavy (non-hydrogen) atoms. The number of rotatable bonds is 3. The summed E-state index contributed by atoms with van der Waals surface area (Å²) in [6.07, 6.45) is 0.750. The van der Waals surface area contributed by atoms with Crippen molar-refractivity contribution in [3.8, 4) is 0 Å². The van der Waals surface area contributed by atoms with Crippen LogP contribution < -0.4 is 0 Å². The summed E-state index contributed by atoms with van der Waals surface area (Å²) in [5.74, 6) is 0. The van der Waals surface area contributed by atoms with Gasteiger partial charge in [0, 0.05) is 14.1 Å². The van der Waals surface area contributed by atoms with Crippen molar-refractivity contribution in [1.29, 1.82) is 0 Å². The lowest BCUT2D eigenvalue weighted by molar-refractivity contribution is -0.115. The first-order chi connectivity index (χ1) is 5.39. The molecular weight excluding hydrogens is 186 g/mol. The third-order valence-electron chi connectivity index (χ3n) is 0.619. The van der Waals surface area contributed by atoms with Crippen molar-refractivity contribution in [3.05, 3.63) is 0 Å². The van der Waals surface area contributed by atoms with E-state index in [-0.39, 0.29) is 0 Å². The number of hydrogen-bond acceptors (Lipinski definition) is 5. The minimum atomic E-state index is -3.66. The first-order valence-corrected chi connectivity index (χ1v) is 4.20. The molecule has 7 heteroatoms. The van der Waals surface area contributed by atoms with Gasteiger partial charge in [-0.1, -0.05) is 0 Å². The first-order valence-electron chi connectivity index (χ1n) is 2.87. The Labute approximate surface area is 72.4 Å². The van der Waals surface area contributed by atoms with Crippen LogP contribution in [0, 0.1) is 0 Å². The average Bonchev–Trinajstić information content (AvgIpc) is 2.05. The van der Waals surface area contributed by atoms with Gasteiger partial charge in [-0.3, -0.25) is 13.2 Å². The fourth-order valence-corrected chi connectivity index (χ4v) is 0.204. The van der Waals surface area contributed by atoms with E-state index in [0.717, 1.165) is 20.6 Å². The zero-order chi connectivity index (χ0) is 10.2. The minimum Gasteiger partial charge on any atom is -0.351 e. The predicted octanol–water partition coefficient (Wildman–Crippen LogP) is -0.772. The van der Waals surface area contributed by atoms with Crippen molar-refractivity contribution >= 4 is 16.8 Å². The Bertz CT molecular complexity index is 188. The van der Waals surface area contributed by atoms with E-state index in [1.54, 1.807) is 14.1 Å². The fourth-order valence-electron chi connectivity index (χ4n) is 0.0680. The average molecular weight is 199 g/mol. The monoisotopic (exact) mass is 199 g/mol. The normalized spacial score (nSPS) is 9.67. The lowest BCUT2D eigenvalue weighted by Crippen LogP contribution is -2.06. The zero-order valence-corrected chi connectivity index (χ0v) is 8.29. The zero-order valence-electron chi connectivity index (χ0n) is 7.47. The molecule has 0 aliphatic heterocycles. The van der Waals surface area contributed by atoms with Gasteiger partial charge in [0.2, 0.25) is 6.41 Å². The van der Waals surface area contributed by atoms with Crippen LogP contribution in [0.1, 0.15) is 0 Å². The standard InChI is InChI=1S/C3H7NO.C2H6O4S/c1-4(2)3-5;1-5-7(3,4)6-2/h3H,1-2H3;1-2H3. The lowest BCUT2D eigenvalue weighted by Gasteiger charge is -1.93. The number of carbonyl (C=O) groups excluding carboxylic acids is 1. The molecule has 0 saturated carbocycles. The Kier molecular flexibility index (Phi) is 8.12. The van der Waals surface area contributed by atoms with E-state index in [1.807, 2.05) is 0 Å². The lowest BCUT2D eigenvalue weighted by atomic mass is 11.0. The Morgan fingerprint density at radius 2 is 1.42 bits per heavy atom. The highest BCUT2D eigenvalue weighted by atomic mass is 32.3. The van der Waals surface area contributed by atoms with Gasteiger partial charge in [-0.05, 0) is 0 Å². The summed E-state index contributed by atoms with van der Waals surface area (Å²) in [7, 11) is 1.77.